The van der Waals surface area contributed by atoms with Gasteiger partial charge >= 0.3 is 0 Å². The summed E-state index contributed by atoms with van der Waals surface area (Å²) in [5.74, 6) is 0.873. The Morgan fingerprint density at radius 1 is 1.19 bits per heavy atom. The largest absolute Gasteiger partial charge is 0.493 e. The van der Waals surface area contributed by atoms with Crippen molar-refractivity contribution < 1.29 is 14.5 Å². The van der Waals surface area contributed by atoms with E-state index in [1.54, 1.807) is 30.3 Å². The van der Waals surface area contributed by atoms with Crippen molar-refractivity contribution in [1.82, 2.24) is 10.2 Å². The fraction of sp³-hybridized carbons (Fsp3) is 0.364. The van der Waals surface area contributed by atoms with Gasteiger partial charge in [-0.15, -0.1) is 0 Å². The van der Waals surface area contributed by atoms with Crippen LogP contribution in [0.15, 0.2) is 42.5 Å². The second-order valence-electron chi connectivity index (χ2n) is 7.86. The predicted octanol–water partition coefficient (Wildman–Crippen LogP) is 4.12. The molecule has 170 valence electrons. The third-order valence-corrected chi connectivity index (χ3v) is 5.63. The zero-order valence-corrected chi connectivity index (χ0v) is 19.5. The van der Waals surface area contributed by atoms with E-state index in [1.165, 1.54) is 12.1 Å². The van der Waals surface area contributed by atoms with Crippen molar-refractivity contribution in [2.45, 2.75) is 13.8 Å². The number of thiocarbonyl (C=S) groups is 1. The Balaban J connectivity index is 1.52. The Morgan fingerprint density at radius 3 is 2.41 bits per heavy atom. The van der Waals surface area contributed by atoms with Gasteiger partial charge in [0.2, 0.25) is 0 Å². The van der Waals surface area contributed by atoms with Gasteiger partial charge in [-0.05, 0) is 48.5 Å². The predicted molar refractivity (Wildman–Crippen MR) is 129 cm³/mol. The number of nitro groups is 1. The molecular formula is C22H25ClN4O4S. The normalized spacial score (nSPS) is 13.8. The first-order valence-corrected chi connectivity index (χ1v) is 11.0. The molecule has 3 rings (SSSR count). The van der Waals surface area contributed by atoms with Crippen molar-refractivity contribution in [1.29, 1.82) is 0 Å². The average Bonchev–Trinajstić information content (AvgIpc) is 2.78. The SMILES string of the molecule is CC(C)COc1ccc(C(=O)NC(=S)N2CCN(c3ccc([N+](=O)[O-])cc3Cl)CC2)cc1. The molecule has 2 aromatic rings. The van der Waals surface area contributed by atoms with Crippen LogP contribution in [0.1, 0.15) is 24.2 Å². The second kappa shape index (κ2) is 10.6. The van der Waals surface area contributed by atoms with E-state index < -0.39 is 4.92 Å². The van der Waals surface area contributed by atoms with E-state index in [1.807, 2.05) is 9.80 Å². The number of hydrogen-bond acceptors (Lipinski definition) is 6. The molecule has 0 unspecified atom stereocenters. The Kier molecular flexibility index (Phi) is 7.87. The quantitative estimate of drug-likeness (QED) is 0.381. The Bertz CT molecular complexity index is 992. The number of non-ortho nitro benzene ring substituents is 1. The molecule has 8 nitrogen and oxygen atoms in total. The Labute approximate surface area is 197 Å². The van der Waals surface area contributed by atoms with Crippen LogP contribution in [0.5, 0.6) is 5.75 Å². The van der Waals surface area contributed by atoms with E-state index in [4.69, 9.17) is 28.6 Å². The molecule has 1 N–H and O–H groups in total. The van der Waals surface area contributed by atoms with Gasteiger partial charge in [-0.1, -0.05) is 25.4 Å². The van der Waals surface area contributed by atoms with Gasteiger partial charge in [-0.2, -0.15) is 0 Å². The number of halogens is 1. The number of nitrogens with zero attached hydrogens (tertiary/aromatic N) is 3. The minimum absolute atomic E-state index is 0.0409. The minimum atomic E-state index is -0.471. The van der Waals surface area contributed by atoms with Crippen molar-refractivity contribution >= 4 is 46.2 Å². The van der Waals surface area contributed by atoms with Gasteiger partial charge < -0.3 is 14.5 Å². The molecule has 10 heteroatoms. The van der Waals surface area contributed by atoms with E-state index >= 15 is 0 Å². The first kappa shape index (κ1) is 23.7. The highest BCUT2D eigenvalue weighted by molar-refractivity contribution is 7.80. The summed E-state index contributed by atoms with van der Waals surface area (Å²) < 4.78 is 5.64. The first-order chi connectivity index (χ1) is 15.2. The van der Waals surface area contributed by atoms with Crippen molar-refractivity contribution in [3.8, 4) is 5.75 Å². The van der Waals surface area contributed by atoms with Crippen LogP contribution in [-0.4, -0.2) is 53.6 Å². The topological polar surface area (TPSA) is 88.0 Å². The lowest BCUT2D eigenvalue weighted by atomic mass is 10.2. The van der Waals surface area contributed by atoms with Crippen molar-refractivity contribution in [3.63, 3.8) is 0 Å². The van der Waals surface area contributed by atoms with Crippen LogP contribution in [0.2, 0.25) is 5.02 Å². The molecule has 1 saturated heterocycles. The number of nitro benzene ring substituents is 1. The molecule has 1 fully saturated rings. The van der Waals surface area contributed by atoms with E-state index in [0.717, 1.165) is 11.4 Å². The highest BCUT2D eigenvalue weighted by Gasteiger charge is 2.23. The van der Waals surface area contributed by atoms with Gasteiger partial charge in [0, 0.05) is 43.9 Å². The zero-order chi connectivity index (χ0) is 23.3. The van der Waals surface area contributed by atoms with Crippen LogP contribution in [0.3, 0.4) is 0 Å². The molecule has 0 saturated carbocycles. The molecule has 1 heterocycles. The van der Waals surface area contributed by atoms with E-state index in [0.29, 0.717) is 54.4 Å². The molecule has 0 radical (unpaired) electrons. The fourth-order valence-electron chi connectivity index (χ4n) is 3.23. The molecular weight excluding hydrogens is 452 g/mol. The van der Waals surface area contributed by atoms with Gasteiger partial charge in [-0.25, -0.2) is 0 Å². The number of anilines is 1. The number of rotatable bonds is 6. The van der Waals surface area contributed by atoms with Gasteiger partial charge in [0.15, 0.2) is 5.11 Å². The number of nitrogens with one attached hydrogen (secondary N) is 1. The molecule has 1 aliphatic rings. The van der Waals surface area contributed by atoms with Crippen molar-refractivity contribution in [2.24, 2.45) is 5.92 Å². The molecule has 32 heavy (non-hydrogen) atoms. The van der Waals surface area contributed by atoms with Crippen molar-refractivity contribution in [3.05, 3.63) is 63.2 Å². The summed E-state index contributed by atoms with van der Waals surface area (Å²) in [5, 5.41) is 14.4. The van der Waals surface area contributed by atoms with Crippen molar-refractivity contribution in [2.75, 3.05) is 37.7 Å². The molecule has 2 aromatic carbocycles. The van der Waals surface area contributed by atoms with Gasteiger partial charge in [0.25, 0.3) is 11.6 Å². The summed E-state index contributed by atoms with van der Waals surface area (Å²) in [6, 6.07) is 11.4. The number of benzene rings is 2. The molecule has 1 aliphatic heterocycles. The maximum atomic E-state index is 12.5. The minimum Gasteiger partial charge on any atom is -0.493 e. The van der Waals surface area contributed by atoms with Crippen LogP contribution < -0.4 is 15.0 Å². The lowest BCUT2D eigenvalue weighted by Gasteiger charge is -2.37. The average molecular weight is 477 g/mol. The maximum Gasteiger partial charge on any atom is 0.271 e. The smallest absolute Gasteiger partial charge is 0.271 e. The summed E-state index contributed by atoms with van der Waals surface area (Å²) in [6.45, 7) is 7.19. The Morgan fingerprint density at radius 2 is 1.84 bits per heavy atom. The van der Waals surface area contributed by atoms with Crippen LogP contribution in [-0.2, 0) is 0 Å². The number of ether oxygens (including phenoxy) is 1. The number of amides is 1. The Hall–Kier alpha value is -2.91. The van der Waals surface area contributed by atoms with Crippen LogP contribution >= 0.6 is 23.8 Å². The monoisotopic (exact) mass is 476 g/mol. The van der Waals surface area contributed by atoms with Crippen LogP contribution in [0.25, 0.3) is 0 Å². The van der Waals surface area contributed by atoms with Gasteiger partial charge in [0.1, 0.15) is 5.75 Å². The summed E-state index contributed by atoms with van der Waals surface area (Å²) in [5.41, 5.74) is 1.20. The standard InChI is InChI=1S/C22H25ClN4O4S/c1-15(2)14-31-18-6-3-16(4-7-18)21(28)24-22(32)26-11-9-25(10-12-26)20-8-5-17(27(29)30)13-19(20)23/h3-8,13,15H,9-12,14H2,1-2H3,(H,24,28,32). The highest BCUT2D eigenvalue weighted by Crippen LogP contribution is 2.30. The molecule has 1 amide bonds. The maximum absolute atomic E-state index is 12.5. The summed E-state index contributed by atoms with van der Waals surface area (Å²) >= 11 is 11.7. The third kappa shape index (κ3) is 6.08. The van der Waals surface area contributed by atoms with E-state index in [2.05, 4.69) is 19.2 Å². The van der Waals surface area contributed by atoms with E-state index in [9.17, 15) is 14.9 Å². The fourth-order valence-corrected chi connectivity index (χ4v) is 3.80. The number of piperazine rings is 1. The van der Waals surface area contributed by atoms with E-state index in [-0.39, 0.29) is 11.6 Å². The molecule has 0 aliphatic carbocycles. The first-order valence-electron chi connectivity index (χ1n) is 10.3. The highest BCUT2D eigenvalue weighted by atomic mass is 35.5. The zero-order valence-electron chi connectivity index (χ0n) is 17.9. The van der Waals surface area contributed by atoms with Crippen LogP contribution in [0.4, 0.5) is 11.4 Å². The summed E-state index contributed by atoms with van der Waals surface area (Å²) in [4.78, 5) is 26.9. The third-order valence-electron chi connectivity index (χ3n) is 4.97. The number of carbonyl (C=O) groups excluding carboxylic acids is 1. The van der Waals surface area contributed by atoms with Crippen LogP contribution in [0, 0.1) is 16.0 Å². The summed E-state index contributed by atoms with van der Waals surface area (Å²) in [6.07, 6.45) is 0. The molecule has 0 atom stereocenters. The number of hydrogen-bond donors (Lipinski definition) is 1. The lowest BCUT2D eigenvalue weighted by molar-refractivity contribution is -0.384. The summed E-state index contributed by atoms with van der Waals surface area (Å²) in [7, 11) is 0. The van der Waals surface area contributed by atoms with Gasteiger partial charge in [-0.3, -0.25) is 20.2 Å². The lowest BCUT2D eigenvalue weighted by Crippen LogP contribution is -2.52. The molecule has 0 spiro atoms. The number of carbonyl (C=O) groups is 1. The second-order valence-corrected chi connectivity index (χ2v) is 8.65. The molecule has 0 aromatic heterocycles. The van der Waals surface area contributed by atoms with Gasteiger partial charge in [0.05, 0.1) is 22.2 Å². The molecule has 0 bridgehead atoms.